The molecule has 0 aliphatic rings. The van der Waals surface area contributed by atoms with Crippen molar-refractivity contribution < 1.29 is 19.4 Å². The molecule has 0 aliphatic carbocycles. The Labute approximate surface area is 171 Å². The Balaban J connectivity index is 2.61. The molecule has 5 nitrogen and oxygen atoms in total. The fourth-order valence-corrected chi connectivity index (χ4v) is 3.83. The van der Waals surface area contributed by atoms with Crippen LogP contribution >= 0.6 is 0 Å². The smallest absolute Gasteiger partial charge is 0.225 e. The van der Waals surface area contributed by atoms with E-state index in [1.165, 1.54) is 0 Å². The average molecular weight is 410 g/mol. The molecule has 160 valence electrons. The first-order valence-electron chi connectivity index (χ1n) is 10.1. The number of aliphatic hydroxyl groups is 2. The SMILES string of the molecule is C[C@H](C[C@@H](O)CO[Si](C)(C)C(C)(C)C)C(=O)N(C)[C@@H](C)[C@@H](O)c1ccccc1. The Morgan fingerprint density at radius 3 is 2.18 bits per heavy atom. The minimum atomic E-state index is -1.93. The van der Waals surface area contributed by atoms with E-state index in [1.807, 2.05) is 44.2 Å². The van der Waals surface area contributed by atoms with E-state index in [1.54, 1.807) is 11.9 Å². The van der Waals surface area contributed by atoms with E-state index in [0.717, 1.165) is 5.56 Å². The van der Waals surface area contributed by atoms with Gasteiger partial charge in [0.15, 0.2) is 8.32 Å². The third-order valence-electron chi connectivity index (χ3n) is 6.05. The van der Waals surface area contributed by atoms with Gasteiger partial charge in [0.05, 0.1) is 24.9 Å². The van der Waals surface area contributed by atoms with Crippen LogP contribution < -0.4 is 0 Å². The van der Waals surface area contributed by atoms with E-state index < -0.39 is 20.5 Å². The second-order valence-corrected chi connectivity index (χ2v) is 14.2. The number of nitrogens with zero attached hydrogens (tertiary/aromatic N) is 1. The number of amides is 1. The maximum absolute atomic E-state index is 12.8. The molecule has 0 unspecified atom stereocenters. The number of rotatable bonds is 9. The molecule has 1 aromatic carbocycles. The van der Waals surface area contributed by atoms with Crippen LogP contribution in [0.25, 0.3) is 0 Å². The van der Waals surface area contributed by atoms with Gasteiger partial charge in [-0.15, -0.1) is 0 Å². The molecule has 0 fully saturated rings. The second-order valence-electron chi connectivity index (χ2n) is 9.41. The number of hydrogen-bond acceptors (Lipinski definition) is 4. The zero-order chi connectivity index (χ0) is 21.7. The minimum absolute atomic E-state index is 0.0807. The summed E-state index contributed by atoms with van der Waals surface area (Å²) in [4.78, 5) is 14.4. The van der Waals surface area contributed by atoms with Crippen molar-refractivity contribution in [2.45, 2.75) is 77.4 Å². The van der Waals surface area contributed by atoms with Gasteiger partial charge in [-0.25, -0.2) is 0 Å². The molecular weight excluding hydrogens is 370 g/mol. The van der Waals surface area contributed by atoms with E-state index in [-0.39, 0.29) is 29.5 Å². The Hall–Kier alpha value is -1.21. The average Bonchev–Trinajstić information content (AvgIpc) is 2.63. The van der Waals surface area contributed by atoms with Crippen LogP contribution in [0, 0.1) is 5.92 Å². The summed E-state index contributed by atoms with van der Waals surface area (Å²) >= 11 is 0. The van der Waals surface area contributed by atoms with Gasteiger partial charge < -0.3 is 19.5 Å². The summed E-state index contributed by atoms with van der Waals surface area (Å²) in [7, 11) is -0.224. The van der Waals surface area contributed by atoms with Crippen LogP contribution in [0.2, 0.25) is 18.1 Å². The number of hydrogen-bond donors (Lipinski definition) is 2. The molecule has 2 N–H and O–H groups in total. The van der Waals surface area contributed by atoms with Gasteiger partial charge in [-0.05, 0) is 37.0 Å². The Morgan fingerprint density at radius 2 is 1.68 bits per heavy atom. The normalized spacial score (nSPS) is 16.9. The standard InChI is InChI=1S/C22H39NO4Si/c1-16(14-19(24)15-27-28(7,8)22(3,4)5)21(26)23(6)17(2)20(25)18-12-10-9-11-13-18/h9-13,16-17,19-20,24-25H,14-15H2,1-8H3/t16-,17+,19-,20-/m1/s1. The molecular formula is C22H39NO4Si. The maximum atomic E-state index is 12.8. The molecule has 28 heavy (non-hydrogen) atoms. The van der Waals surface area contributed by atoms with Gasteiger partial charge in [0.25, 0.3) is 0 Å². The fourth-order valence-electron chi connectivity index (χ4n) is 2.79. The first-order chi connectivity index (χ1) is 12.8. The highest BCUT2D eigenvalue weighted by Crippen LogP contribution is 2.36. The van der Waals surface area contributed by atoms with Gasteiger partial charge in [0, 0.05) is 13.0 Å². The van der Waals surface area contributed by atoms with Crippen molar-refractivity contribution in [1.82, 2.24) is 4.90 Å². The van der Waals surface area contributed by atoms with Gasteiger partial charge >= 0.3 is 0 Å². The predicted octanol–water partition coefficient (Wildman–Crippen LogP) is 3.98. The van der Waals surface area contributed by atoms with Gasteiger partial charge in [0.1, 0.15) is 0 Å². The number of carbonyl (C=O) groups excluding carboxylic acids is 1. The largest absolute Gasteiger partial charge is 0.414 e. The van der Waals surface area contributed by atoms with E-state index in [0.29, 0.717) is 6.42 Å². The van der Waals surface area contributed by atoms with Crippen molar-refractivity contribution in [3.8, 4) is 0 Å². The molecule has 6 heteroatoms. The summed E-state index contributed by atoms with van der Waals surface area (Å²) in [5, 5.41) is 21.0. The highest BCUT2D eigenvalue weighted by molar-refractivity contribution is 6.74. The first-order valence-corrected chi connectivity index (χ1v) is 13.0. The maximum Gasteiger partial charge on any atom is 0.225 e. The zero-order valence-electron chi connectivity index (χ0n) is 18.8. The van der Waals surface area contributed by atoms with Crippen molar-refractivity contribution >= 4 is 14.2 Å². The van der Waals surface area contributed by atoms with Crippen LogP contribution in [-0.2, 0) is 9.22 Å². The summed E-state index contributed by atoms with van der Waals surface area (Å²) in [6, 6.07) is 8.97. The molecule has 0 aromatic heterocycles. The summed E-state index contributed by atoms with van der Waals surface area (Å²) in [6.45, 7) is 14.7. The van der Waals surface area contributed by atoms with Gasteiger partial charge in [-0.2, -0.15) is 0 Å². The quantitative estimate of drug-likeness (QED) is 0.605. The summed E-state index contributed by atoms with van der Waals surface area (Å²) in [5.74, 6) is -0.442. The van der Waals surface area contributed by atoms with Crippen molar-refractivity contribution in [2.24, 2.45) is 5.92 Å². The Bertz CT molecular complexity index is 615. The lowest BCUT2D eigenvalue weighted by Crippen LogP contribution is -2.44. The molecule has 0 saturated carbocycles. The molecule has 4 atom stereocenters. The molecule has 0 bridgehead atoms. The number of benzene rings is 1. The summed E-state index contributed by atoms with van der Waals surface area (Å²) in [5.41, 5.74) is 0.783. The van der Waals surface area contributed by atoms with Crippen LogP contribution in [0.1, 0.15) is 52.7 Å². The third-order valence-corrected chi connectivity index (χ3v) is 10.5. The van der Waals surface area contributed by atoms with Gasteiger partial charge in [-0.1, -0.05) is 58.0 Å². The molecule has 0 heterocycles. The van der Waals surface area contributed by atoms with Gasteiger partial charge in [-0.3, -0.25) is 4.79 Å². The van der Waals surface area contributed by atoms with Gasteiger partial charge in [0.2, 0.25) is 5.91 Å². The monoisotopic (exact) mass is 409 g/mol. The zero-order valence-corrected chi connectivity index (χ0v) is 19.8. The van der Waals surface area contributed by atoms with Crippen molar-refractivity contribution in [1.29, 1.82) is 0 Å². The number of likely N-dealkylation sites (N-methyl/N-ethyl adjacent to an activating group) is 1. The van der Waals surface area contributed by atoms with E-state index in [9.17, 15) is 15.0 Å². The van der Waals surface area contributed by atoms with Crippen LogP contribution in [0.3, 0.4) is 0 Å². The van der Waals surface area contributed by atoms with Crippen LogP contribution in [0.15, 0.2) is 30.3 Å². The second kappa shape index (κ2) is 10.0. The molecule has 1 amide bonds. The van der Waals surface area contributed by atoms with Crippen LogP contribution in [0.4, 0.5) is 0 Å². The lowest BCUT2D eigenvalue weighted by molar-refractivity contribution is -0.139. The van der Waals surface area contributed by atoms with E-state index in [2.05, 4.69) is 33.9 Å². The lowest BCUT2D eigenvalue weighted by Gasteiger charge is -2.37. The molecule has 0 spiro atoms. The summed E-state index contributed by atoms with van der Waals surface area (Å²) in [6.07, 6.45) is -1.10. The van der Waals surface area contributed by atoms with Crippen molar-refractivity contribution in [3.05, 3.63) is 35.9 Å². The summed E-state index contributed by atoms with van der Waals surface area (Å²) < 4.78 is 6.06. The number of carbonyl (C=O) groups is 1. The van der Waals surface area contributed by atoms with Crippen LogP contribution in [-0.4, -0.2) is 55.1 Å². The highest BCUT2D eigenvalue weighted by Gasteiger charge is 2.37. The Kier molecular flexibility index (Phi) is 8.87. The Morgan fingerprint density at radius 1 is 1.14 bits per heavy atom. The highest BCUT2D eigenvalue weighted by atomic mass is 28.4. The molecule has 0 radical (unpaired) electrons. The van der Waals surface area contributed by atoms with Crippen molar-refractivity contribution in [2.75, 3.05) is 13.7 Å². The predicted molar refractivity (Wildman–Crippen MR) is 117 cm³/mol. The lowest BCUT2D eigenvalue weighted by atomic mass is 9.99. The van der Waals surface area contributed by atoms with Crippen molar-refractivity contribution in [3.63, 3.8) is 0 Å². The minimum Gasteiger partial charge on any atom is -0.414 e. The van der Waals surface area contributed by atoms with E-state index in [4.69, 9.17) is 4.43 Å². The fraction of sp³-hybridized carbons (Fsp3) is 0.682. The topological polar surface area (TPSA) is 70.0 Å². The molecule has 0 saturated heterocycles. The third kappa shape index (κ3) is 6.69. The molecule has 1 aromatic rings. The number of aliphatic hydroxyl groups excluding tert-OH is 2. The first kappa shape index (κ1) is 24.8. The molecule has 1 rings (SSSR count). The van der Waals surface area contributed by atoms with Crippen LogP contribution in [0.5, 0.6) is 0 Å². The molecule has 0 aliphatic heterocycles. The van der Waals surface area contributed by atoms with E-state index >= 15 is 0 Å².